The maximum absolute atomic E-state index is 5.69. The van der Waals surface area contributed by atoms with Crippen molar-refractivity contribution < 1.29 is 0 Å². The summed E-state index contributed by atoms with van der Waals surface area (Å²) in [5.41, 5.74) is 9.56. The molecule has 0 bridgehead atoms. The number of nitrogens with one attached hydrogen (secondary N) is 1. The number of nitrogens with zero attached hydrogens (tertiary/aromatic N) is 1. The van der Waals surface area contributed by atoms with Gasteiger partial charge in [-0.2, -0.15) is 5.10 Å². The van der Waals surface area contributed by atoms with Crippen LogP contribution in [0.1, 0.15) is 43.1 Å². The van der Waals surface area contributed by atoms with Crippen molar-refractivity contribution in [3.63, 3.8) is 0 Å². The summed E-state index contributed by atoms with van der Waals surface area (Å²) in [5, 5.41) is 7.47. The summed E-state index contributed by atoms with van der Waals surface area (Å²) in [4.78, 5) is 0. The van der Waals surface area contributed by atoms with Crippen molar-refractivity contribution in [2.24, 2.45) is 5.73 Å². The summed E-state index contributed by atoms with van der Waals surface area (Å²) >= 11 is 0. The van der Waals surface area contributed by atoms with Crippen LogP contribution >= 0.6 is 24.8 Å². The van der Waals surface area contributed by atoms with Crippen LogP contribution in [0.15, 0.2) is 6.08 Å². The monoisotopic (exact) mass is 277 g/mol. The molecule has 1 heterocycles. The third-order valence-electron chi connectivity index (χ3n) is 2.87. The minimum Gasteiger partial charge on any atom is -0.328 e. The summed E-state index contributed by atoms with van der Waals surface area (Å²) in [6, 6.07) is 0.232. The molecule has 0 saturated heterocycles. The predicted octanol–water partition coefficient (Wildman–Crippen LogP) is 2.88. The number of aryl methyl sites for hydroxylation is 1. The van der Waals surface area contributed by atoms with Crippen LogP contribution in [0.25, 0.3) is 6.08 Å². The number of halogens is 2. The van der Waals surface area contributed by atoms with Gasteiger partial charge in [0.25, 0.3) is 0 Å². The molecule has 2 rings (SSSR count). The molecule has 1 aromatic rings. The molecule has 0 unspecified atom stereocenters. The summed E-state index contributed by atoms with van der Waals surface area (Å²) in [6.07, 6.45) is 10.0. The van der Waals surface area contributed by atoms with Gasteiger partial charge in [-0.25, -0.2) is 0 Å². The van der Waals surface area contributed by atoms with E-state index in [0.29, 0.717) is 0 Å². The molecule has 1 aliphatic rings. The second kappa shape index (κ2) is 7.75. The summed E-state index contributed by atoms with van der Waals surface area (Å²) in [7, 11) is 0. The lowest BCUT2D eigenvalue weighted by Gasteiger charge is -2.09. The largest absolute Gasteiger partial charge is 0.328 e. The third kappa shape index (κ3) is 4.34. The van der Waals surface area contributed by atoms with Crippen LogP contribution in [0.4, 0.5) is 0 Å². The lowest BCUT2D eigenvalue weighted by Crippen LogP contribution is -2.12. The topological polar surface area (TPSA) is 54.7 Å². The number of nitrogens with two attached hydrogens (primary N) is 1. The number of aromatic nitrogens is 2. The van der Waals surface area contributed by atoms with Crippen LogP contribution in [0.2, 0.25) is 0 Å². The minimum atomic E-state index is 0. The Bertz CT molecular complexity index is 359. The highest BCUT2D eigenvalue weighted by molar-refractivity contribution is 5.85. The highest BCUT2D eigenvalue weighted by Gasteiger charge is 2.14. The highest BCUT2D eigenvalue weighted by atomic mass is 35.5. The zero-order chi connectivity index (χ0) is 10.7. The van der Waals surface area contributed by atoms with E-state index in [2.05, 4.69) is 22.3 Å². The molecule has 17 heavy (non-hydrogen) atoms. The molecule has 0 spiro atoms. The van der Waals surface area contributed by atoms with Crippen molar-refractivity contribution in [2.75, 3.05) is 0 Å². The summed E-state index contributed by atoms with van der Waals surface area (Å²) < 4.78 is 0. The van der Waals surface area contributed by atoms with E-state index in [1.54, 1.807) is 0 Å². The number of rotatable bonds is 3. The van der Waals surface area contributed by atoms with Gasteiger partial charge >= 0.3 is 0 Å². The van der Waals surface area contributed by atoms with Gasteiger partial charge in [-0.3, -0.25) is 5.10 Å². The van der Waals surface area contributed by atoms with E-state index in [4.69, 9.17) is 5.73 Å². The Balaban J connectivity index is 0.00000128. The number of hydrogen-bond donors (Lipinski definition) is 2. The average Bonchev–Trinajstić information content (AvgIpc) is 2.62. The Hall–Kier alpha value is -0.510. The summed E-state index contributed by atoms with van der Waals surface area (Å²) in [6.45, 7) is 2.02. The first-order chi connectivity index (χ1) is 7.27. The molecule has 5 heteroatoms. The Kier molecular flexibility index (Phi) is 7.51. The number of aromatic amines is 1. The fraction of sp³-hybridized carbons (Fsp3) is 0.583. The first-order valence-electron chi connectivity index (χ1n) is 5.75. The van der Waals surface area contributed by atoms with Crippen molar-refractivity contribution in [3.05, 3.63) is 23.0 Å². The Morgan fingerprint density at radius 2 is 2.06 bits per heavy atom. The SMILES string of the molecule is C[C@H](N)C/C=C/c1n[nH]c2c1CCCC2.Cl.Cl. The van der Waals surface area contributed by atoms with Gasteiger partial charge in [0.05, 0.1) is 5.69 Å². The molecule has 3 nitrogen and oxygen atoms in total. The van der Waals surface area contributed by atoms with Gasteiger partial charge in [0.2, 0.25) is 0 Å². The fourth-order valence-corrected chi connectivity index (χ4v) is 2.04. The van der Waals surface area contributed by atoms with E-state index < -0.39 is 0 Å². The maximum Gasteiger partial charge on any atom is 0.0880 e. The molecule has 0 saturated carbocycles. The predicted molar refractivity (Wildman–Crippen MR) is 77.0 cm³/mol. The average molecular weight is 278 g/mol. The molecule has 0 radical (unpaired) electrons. The van der Waals surface area contributed by atoms with Crippen LogP contribution < -0.4 is 5.73 Å². The fourth-order valence-electron chi connectivity index (χ4n) is 2.04. The standard InChI is InChI=1S/C12H19N3.2ClH/c1-9(13)5-4-8-12-10-6-2-3-7-11(10)14-15-12;;/h4,8-9H,2-3,5-7,13H2,1H3,(H,14,15);2*1H/b8-4+;;/t9-;;/m0../s1. The van der Waals surface area contributed by atoms with Gasteiger partial charge in [-0.15, -0.1) is 24.8 Å². The van der Waals surface area contributed by atoms with Crippen LogP contribution in [-0.4, -0.2) is 16.2 Å². The molecule has 0 fully saturated rings. The van der Waals surface area contributed by atoms with E-state index >= 15 is 0 Å². The van der Waals surface area contributed by atoms with Crippen LogP contribution in [0.5, 0.6) is 0 Å². The van der Waals surface area contributed by atoms with E-state index in [0.717, 1.165) is 18.5 Å². The quantitative estimate of drug-likeness (QED) is 0.893. The molecule has 3 N–H and O–H groups in total. The van der Waals surface area contributed by atoms with Crippen LogP contribution in [-0.2, 0) is 12.8 Å². The molecule has 1 aliphatic carbocycles. The number of fused-ring (bicyclic) bond motifs is 1. The highest BCUT2D eigenvalue weighted by Crippen LogP contribution is 2.22. The molecule has 0 amide bonds. The molecule has 1 atom stereocenters. The van der Waals surface area contributed by atoms with Gasteiger partial charge in [0.1, 0.15) is 0 Å². The van der Waals surface area contributed by atoms with Gasteiger partial charge in [0.15, 0.2) is 0 Å². The Morgan fingerprint density at radius 3 is 2.76 bits per heavy atom. The molecule has 0 aliphatic heterocycles. The molecule has 1 aromatic heterocycles. The van der Waals surface area contributed by atoms with Crippen molar-refractivity contribution in [2.45, 2.75) is 45.1 Å². The van der Waals surface area contributed by atoms with E-state index in [-0.39, 0.29) is 30.9 Å². The van der Waals surface area contributed by atoms with Gasteiger partial charge < -0.3 is 5.73 Å². The maximum atomic E-state index is 5.69. The molecular weight excluding hydrogens is 257 g/mol. The van der Waals surface area contributed by atoms with Crippen molar-refractivity contribution >= 4 is 30.9 Å². The number of H-pyrrole nitrogens is 1. The first-order valence-corrected chi connectivity index (χ1v) is 5.75. The molecular formula is C12H21Cl2N3. The van der Waals surface area contributed by atoms with E-state index in [1.165, 1.54) is 30.5 Å². The summed E-state index contributed by atoms with van der Waals surface area (Å²) in [5.74, 6) is 0. The van der Waals surface area contributed by atoms with Gasteiger partial charge in [-0.05, 0) is 45.1 Å². The van der Waals surface area contributed by atoms with Crippen LogP contribution in [0, 0.1) is 0 Å². The lowest BCUT2D eigenvalue weighted by atomic mass is 9.96. The van der Waals surface area contributed by atoms with Crippen LogP contribution in [0.3, 0.4) is 0 Å². The second-order valence-corrected chi connectivity index (χ2v) is 4.39. The lowest BCUT2D eigenvalue weighted by molar-refractivity contribution is 0.674. The van der Waals surface area contributed by atoms with Crippen molar-refractivity contribution in [3.8, 4) is 0 Å². The molecule has 0 aromatic carbocycles. The third-order valence-corrected chi connectivity index (χ3v) is 2.87. The first kappa shape index (κ1) is 16.5. The zero-order valence-corrected chi connectivity index (χ0v) is 11.7. The molecule has 98 valence electrons. The smallest absolute Gasteiger partial charge is 0.0880 e. The minimum absolute atomic E-state index is 0. The van der Waals surface area contributed by atoms with Gasteiger partial charge in [-0.1, -0.05) is 6.08 Å². The van der Waals surface area contributed by atoms with Crippen molar-refractivity contribution in [1.29, 1.82) is 0 Å². The van der Waals surface area contributed by atoms with E-state index in [1.807, 2.05) is 6.92 Å². The Labute approximate surface area is 115 Å². The zero-order valence-electron chi connectivity index (χ0n) is 10.1. The normalized spacial score (nSPS) is 15.9. The second-order valence-electron chi connectivity index (χ2n) is 4.39. The van der Waals surface area contributed by atoms with Gasteiger partial charge in [0, 0.05) is 17.3 Å². The van der Waals surface area contributed by atoms with E-state index in [9.17, 15) is 0 Å². The van der Waals surface area contributed by atoms with Crippen molar-refractivity contribution in [1.82, 2.24) is 10.2 Å². The number of hydrogen-bond acceptors (Lipinski definition) is 2. The Morgan fingerprint density at radius 1 is 1.35 bits per heavy atom.